The second-order valence-electron chi connectivity index (χ2n) is 7.80. The van der Waals surface area contributed by atoms with Crippen molar-refractivity contribution in [2.75, 3.05) is 25.1 Å². The largest absolute Gasteiger partial charge is 0.465 e. The first-order valence-electron chi connectivity index (χ1n) is 10.4. The van der Waals surface area contributed by atoms with Crippen molar-refractivity contribution in [3.63, 3.8) is 0 Å². The van der Waals surface area contributed by atoms with Crippen molar-refractivity contribution < 1.29 is 14.3 Å². The van der Waals surface area contributed by atoms with Gasteiger partial charge in [0.1, 0.15) is 5.02 Å². The number of benzene rings is 1. The Balaban J connectivity index is 1.52. The summed E-state index contributed by atoms with van der Waals surface area (Å²) >= 11 is 6.46. The zero-order valence-corrected chi connectivity index (χ0v) is 17.8. The molecule has 0 atom stereocenters. The zero-order chi connectivity index (χ0) is 21.1. The van der Waals surface area contributed by atoms with E-state index in [1.807, 2.05) is 0 Å². The Morgan fingerprint density at radius 3 is 2.43 bits per heavy atom. The van der Waals surface area contributed by atoms with Gasteiger partial charge in [0.05, 0.1) is 42.5 Å². The Hall–Kier alpha value is -2.38. The third kappa shape index (κ3) is 4.23. The fourth-order valence-corrected chi connectivity index (χ4v) is 4.53. The van der Waals surface area contributed by atoms with E-state index in [-0.39, 0.29) is 16.7 Å². The summed E-state index contributed by atoms with van der Waals surface area (Å²) in [5.41, 5.74) is 0.748. The first-order chi connectivity index (χ1) is 14.6. The van der Waals surface area contributed by atoms with Gasteiger partial charge in [0.15, 0.2) is 0 Å². The lowest BCUT2D eigenvalue weighted by Crippen LogP contribution is -2.39. The van der Waals surface area contributed by atoms with Gasteiger partial charge >= 0.3 is 5.97 Å². The zero-order valence-electron chi connectivity index (χ0n) is 17.1. The summed E-state index contributed by atoms with van der Waals surface area (Å²) in [5, 5.41) is 4.40. The summed E-state index contributed by atoms with van der Waals surface area (Å²) in [6.07, 6.45) is 8.94. The van der Waals surface area contributed by atoms with Crippen molar-refractivity contribution in [3.05, 3.63) is 51.4 Å². The molecule has 2 aromatic rings. The molecule has 1 saturated heterocycles. The van der Waals surface area contributed by atoms with Crippen LogP contribution in [0.15, 0.2) is 35.3 Å². The SMILES string of the molecule is COC(=O)c1ccccc1-n1ncc(N2CCC(OC3CCCC3)CC2)c(Cl)c1=O. The number of hydrogen-bond donors (Lipinski definition) is 0. The van der Waals surface area contributed by atoms with E-state index in [4.69, 9.17) is 21.1 Å². The summed E-state index contributed by atoms with van der Waals surface area (Å²) in [7, 11) is 1.30. The number of anilines is 1. The van der Waals surface area contributed by atoms with E-state index >= 15 is 0 Å². The van der Waals surface area contributed by atoms with Crippen LogP contribution >= 0.6 is 11.6 Å². The van der Waals surface area contributed by atoms with Gasteiger partial charge in [-0.3, -0.25) is 4.79 Å². The van der Waals surface area contributed by atoms with Crippen LogP contribution in [0.5, 0.6) is 0 Å². The molecule has 160 valence electrons. The van der Waals surface area contributed by atoms with E-state index in [1.165, 1.54) is 32.8 Å². The van der Waals surface area contributed by atoms with Gasteiger partial charge in [0.2, 0.25) is 0 Å². The van der Waals surface area contributed by atoms with Crippen molar-refractivity contribution in [1.29, 1.82) is 0 Å². The van der Waals surface area contributed by atoms with Crippen LogP contribution in [0.3, 0.4) is 0 Å². The summed E-state index contributed by atoms with van der Waals surface area (Å²) in [4.78, 5) is 27.1. The average molecular weight is 432 g/mol. The van der Waals surface area contributed by atoms with Crippen LogP contribution in [0.2, 0.25) is 5.02 Å². The molecule has 1 aromatic carbocycles. The first-order valence-corrected chi connectivity index (χ1v) is 10.8. The molecule has 0 N–H and O–H groups in total. The molecule has 2 fully saturated rings. The van der Waals surface area contributed by atoms with Gasteiger partial charge in [-0.2, -0.15) is 9.78 Å². The predicted octanol–water partition coefficient (Wildman–Crippen LogP) is 3.60. The second-order valence-corrected chi connectivity index (χ2v) is 8.18. The molecule has 30 heavy (non-hydrogen) atoms. The van der Waals surface area contributed by atoms with Gasteiger partial charge in [-0.25, -0.2) is 4.79 Å². The minimum atomic E-state index is -0.538. The molecule has 2 heterocycles. The number of methoxy groups -OCH3 is 1. The number of nitrogens with zero attached hydrogens (tertiary/aromatic N) is 3. The van der Waals surface area contributed by atoms with Crippen molar-refractivity contribution in [1.82, 2.24) is 9.78 Å². The maximum Gasteiger partial charge on any atom is 0.340 e. The molecule has 8 heteroatoms. The minimum absolute atomic E-state index is 0.0971. The van der Waals surface area contributed by atoms with Crippen molar-refractivity contribution in [3.8, 4) is 5.69 Å². The summed E-state index contributed by atoms with van der Waals surface area (Å²) in [5.74, 6) is -0.538. The summed E-state index contributed by atoms with van der Waals surface area (Å²) < 4.78 is 12.2. The molecule has 0 spiro atoms. The van der Waals surface area contributed by atoms with Gasteiger partial charge in [0, 0.05) is 13.1 Å². The van der Waals surface area contributed by atoms with Crippen LogP contribution < -0.4 is 10.5 Å². The average Bonchev–Trinajstić information content (AvgIpc) is 3.29. The maximum atomic E-state index is 13.0. The fourth-order valence-electron chi connectivity index (χ4n) is 4.29. The molecule has 0 unspecified atom stereocenters. The molecule has 0 amide bonds. The number of hydrogen-bond acceptors (Lipinski definition) is 6. The van der Waals surface area contributed by atoms with E-state index in [2.05, 4.69) is 10.00 Å². The number of rotatable bonds is 5. The van der Waals surface area contributed by atoms with E-state index in [0.29, 0.717) is 17.5 Å². The maximum absolute atomic E-state index is 13.0. The highest BCUT2D eigenvalue weighted by Gasteiger charge is 2.27. The summed E-state index contributed by atoms with van der Waals surface area (Å²) in [6.45, 7) is 1.53. The number of carbonyl (C=O) groups is 1. The molecule has 1 aliphatic heterocycles. The number of ether oxygens (including phenoxy) is 2. The molecule has 0 bridgehead atoms. The second kappa shape index (κ2) is 9.18. The van der Waals surface area contributed by atoms with E-state index in [0.717, 1.165) is 30.6 Å². The standard InChI is InChI=1S/C22H26ClN3O4/c1-29-22(28)17-8-4-5-9-18(17)26-21(27)20(23)19(14-24-26)25-12-10-16(11-13-25)30-15-6-2-3-7-15/h4-5,8-9,14-16H,2-3,6-7,10-13H2,1H3. The first kappa shape index (κ1) is 20.9. The van der Waals surface area contributed by atoms with Crippen molar-refractivity contribution in [2.24, 2.45) is 0 Å². The Kier molecular flexibility index (Phi) is 6.39. The van der Waals surface area contributed by atoms with Crippen LogP contribution in [0.25, 0.3) is 5.69 Å². The van der Waals surface area contributed by atoms with Crippen LogP contribution in [0.1, 0.15) is 48.9 Å². The molecule has 4 rings (SSSR count). The van der Waals surface area contributed by atoms with E-state index < -0.39 is 11.5 Å². The Morgan fingerprint density at radius 1 is 1.07 bits per heavy atom. The minimum Gasteiger partial charge on any atom is -0.465 e. The lowest BCUT2D eigenvalue weighted by atomic mass is 10.1. The lowest BCUT2D eigenvalue weighted by Gasteiger charge is -2.34. The number of esters is 1. The quantitative estimate of drug-likeness (QED) is 0.673. The predicted molar refractivity (Wildman–Crippen MR) is 115 cm³/mol. The monoisotopic (exact) mass is 431 g/mol. The van der Waals surface area contributed by atoms with Gasteiger partial charge in [-0.15, -0.1) is 0 Å². The molecule has 1 saturated carbocycles. The Bertz CT molecular complexity index is 963. The lowest BCUT2D eigenvalue weighted by molar-refractivity contribution is -0.0194. The Labute approximate surface area is 180 Å². The number of halogens is 1. The highest BCUT2D eigenvalue weighted by atomic mass is 35.5. The van der Waals surface area contributed by atoms with Gasteiger partial charge in [-0.05, 0) is 37.8 Å². The van der Waals surface area contributed by atoms with Crippen LogP contribution in [0, 0.1) is 0 Å². The molecule has 1 aromatic heterocycles. The topological polar surface area (TPSA) is 73.7 Å². The van der Waals surface area contributed by atoms with Crippen LogP contribution in [0.4, 0.5) is 5.69 Å². The molecule has 7 nitrogen and oxygen atoms in total. The van der Waals surface area contributed by atoms with Crippen molar-refractivity contribution in [2.45, 2.75) is 50.7 Å². The highest BCUT2D eigenvalue weighted by Crippen LogP contribution is 2.29. The highest BCUT2D eigenvalue weighted by molar-refractivity contribution is 6.33. The molecule has 2 aliphatic rings. The number of aromatic nitrogens is 2. The fraction of sp³-hybridized carbons (Fsp3) is 0.500. The molecular weight excluding hydrogens is 406 g/mol. The number of piperidine rings is 1. The molecular formula is C22H26ClN3O4. The summed E-state index contributed by atoms with van der Waals surface area (Å²) in [6, 6.07) is 6.66. The van der Waals surface area contributed by atoms with E-state index in [1.54, 1.807) is 30.5 Å². The Morgan fingerprint density at radius 2 is 1.73 bits per heavy atom. The smallest absolute Gasteiger partial charge is 0.340 e. The third-order valence-electron chi connectivity index (χ3n) is 5.91. The van der Waals surface area contributed by atoms with Crippen LogP contribution in [-0.2, 0) is 9.47 Å². The number of carbonyl (C=O) groups excluding carboxylic acids is 1. The molecule has 1 aliphatic carbocycles. The normalized spacial score (nSPS) is 18.0. The van der Waals surface area contributed by atoms with Crippen LogP contribution in [-0.4, -0.2) is 48.2 Å². The third-order valence-corrected chi connectivity index (χ3v) is 6.26. The van der Waals surface area contributed by atoms with Gasteiger partial charge in [0.25, 0.3) is 5.56 Å². The van der Waals surface area contributed by atoms with E-state index in [9.17, 15) is 9.59 Å². The van der Waals surface area contributed by atoms with Gasteiger partial charge in [-0.1, -0.05) is 36.6 Å². The van der Waals surface area contributed by atoms with Crippen molar-refractivity contribution >= 4 is 23.3 Å². The number of para-hydroxylation sites is 1. The van der Waals surface area contributed by atoms with Gasteiger partial charge < -0.3 is 14.4 Å². The molecule has 0 radical (unpaired) electrons.